The molecule has 4 rings (SSSR count). The number of hydrogen-bond donors (Lipinski definition) is 1. The zero-order chi connectivity index (χ0) is 21.5. The highest BCUT2D eigenvalue weighted by Gasteiger charge is 2.24. The minimum absolute atomic E-state index is 0.104. The number of carbonyl (C=O) groups excluding carboxylic acids is 1. The van der Waals surface area contributed by atoms with Gasteiger partial charge in [-0.1, -0.05) is 42.1 Å². The fourth-order valence-electron chi connectivity index (χ4n) is 3.57. The van der Waals surface area contributed by atoms with Crippen LogP contribution in [0.5, 0.6) is 0 Å². The maximum absolute atomic E-state index is 13.1. The van der Waals surface area contributed by atoms with E-state index in [0.29, 0.717) is 30.9 Å². The summed E-state index contributed by atoms with van der Waals surface area (Å²) < 4.78 is 5.50. The number of rotatable bonds is 7. The first kappa shape index (κ1) is 21.6. The van der Waals surface area contributed by atoms with Crippen molar-refractivity contribution >= 4 is 29.0 Å². The molecule has 7 heteroatoms. The number of benzene rings is 2. The summed E-state index contributed by atoms with van der Waals surface area (Å²) in [6, 6.07) is 21.5. The fourth-order valence-corrected chi connectivity index (χ4v) is 5.46. The molecule has 0 spiro atoms. The maximum Gasteiger partial charge on any atom is 0.252 e. The van der Waals surface area contributed by atoms with Crippen LogP contribution in [0, 0.1) is 11.3 Å². The summed E-state index contributed by atoms with van der Waals surface area (Å²) in [6.45, 7) is 3.68. The van der Waals surface area contributed by atoms with Crippen LogP contribution in [-0.4, -0.2) is 43.7 Å². The molecule has 1 atom stereocenters. The van der Waals surface area contributed by atoms with Crippen molar-refractivity contribution in [2.45, 2.75) is 15.8 Å². The third kappa shape index (κ3) is 5.35. The molecule has 1 aliphatic heterocycles. The van der Waals surface area contributed by atoms with E-state index in [2.05, 4.69) is 27.7 Å². The van der Waals surface area contributed by atoms with Crippen LogP contribution in [0.2, 0.25) is 0 Å². The summed E-state index contributed by atoms with van der Waals surface area (Å²) >= 11 is 3.16. The highest BCUT2D eigenvalue weighted by atomic mass is 32.2. The summed E-state index contributed by atoms with van der Waals surface area (Å²) in [7, 11) is 0. The number of thiophene rings is 1. The number of amides is 1. The molecule has 2 aromatic carbocycles. The Morgan fingerprint density at radius 1 is 1.10 bits per heavy atom. The van der Waals surface area contributed by atoms with E-state index >= 15 is 0 Å². The first-order valence-corrected chi connectivity index (χ1v) is 11.9. The van der Waals surface area contributed by atoms with E-state index in [0.717, 1.165) is 22.9 Å². The van der Waals surface area contributed by atoms with Crippen LogP contribution >= 0.6 is 23.1 Å². The first-order valence-electron chi connectivity index (χ1n) is 10.2. The van der Waals surface area contributed by atoms with E-state index in [1.165, 1.54) is 16.6 Å². The summed E-state index contributed by atoms with van der Waals surface area (Å²) in [5, 5.41) is 14.6. The number of morpholine rings is 1. The number of ether oxygens (including phenoxy) is 1. The predicted molar refractivity (Wildman–Crippen MR) is 124 cm³/mol. The first-order chi connectivity index (χ1) is 15.3. The Morgan fingerprint density at radius 2 is 1.84 bits per heavy atom. The molecule has 158 valence electrons. The van der Waals surface area contributed by atoms with Crippen LogP contribution < -0.4 is 5.32 Å². The Balaban J connectivity index is 1.50. The Kier molecular flexibility index (Phi) is 7.39. The quantitative estimate of drug-likeness (QED) is 0.572. The number of nitrogens with zero attached hydrogens (tertiary/aromatic N) is 2. The van der Waals surface area contributed by atoms with E-state index in [-0.39, 0.29) is 11.9 Å². The molecule has 0 aliphatic carbocycles. The molecule has 0 saturated carbocycles. The predicted octanol–water partition coefficient (Wildman–Crippen LogP) is 4.57. The molecule has 0 radical (unpaired) electrons. The van der Waals surface area contributed by atoms with Gasteiger partial charge in [-0.05, 0) is 35.7 Å². The van der Waals surface area contributed by atoms with Crippen molar-refractivity contribution in [3.05, 3.63) is 82.0 Å². The Hall–Kier alpha value is -2.63. The zero-order valence-electron chi connectivity index (χ0n) is 17.0. The van der Waals surface area contributed by atoms with E-state index in [9.17, 15) is 10.1 Å². The second-order valence-electron chi connectivity index (χ2n) is 7.10. The standard InChI is InChI=1S/C24H23N3O2S2/c25-16-18-6-1-3-8-21(18)31-22-9-4-2-7-19(22)24(28)26-17-20(23-10-5-15-30-23)27-11-13-29-14-12-27/h1-10,15,20H,11-14,17H2,(H,26,28)/t20-/m0/s1. The third-order valence-corrected chi connectivity index (χ3v) is 7.30. The SMILES string of the molecule is N#Cc1ccccc1Sc1ccccc1C(=O)NC[C@@H](c1cccs1)N1CCOCC1. The van der Waals surface area contributed by atoms with Crippen LogP contribution in [0.3, 0.4) is 0 Å². The van der Waals surface area contributed by atoms with Gasteiger partial charge >= 0.3 is 0 Å². The minimum Gasteiger partial charge on any atom is -0.379 e. The average molecular weight is 450 g/mol. The third-order valence-electron chi connectivity index (χ3n) is 5.17. The van der Waals surface area contributed by atoms with Crippen molar-refractivity contribution in [1.82, 2.24) is 10.2 Å². The van der Waals surface area contributed by atoms with Crippen molar-refractivity contribution in [2.24, 2.45) is 0 Å². The van der Waals surface area contributed by atoms with Crippen LogP contribution in [0.1, 0.15) is 26.8 Å². The van der Waals surface area contributed by atoms with Gasteiger partial charge in [0, 0.05) is 34.3 Å². The Bertz CT molecular complexity index is 1060. The van der Waals surface area contributed by atoms with Crippen molar-refractivity contribution < 1.29 is 9.53 Å². The number of hydrogen-bond acceptors (Lipinski definition) is 6. The summed E-state index contributed by atoms with van der Waals surface area (Å²) in [6.07, 6.45) is 0. The van der Waals surface area contributed by atoms with Gasteiger partial charge in [-0.15, -0.1) is 11.3 Å². The fraction of sp³-hybridized carbons (Fsp3) is 0.250. The van der Waals surface area contributed by atoms with Crippen LogP contribution in [0.25, 0.3) is 0 Å². The molecule has 1 aliphatic rings. The molecule has 1 N–H and O–H groups in total. The highest BCUT2D eigenvalue weighted by molar-refractivity contribution is 7.99. The van der Waals surface area contributed by atoms with E-state index in [1.807, 2.05) is 48.5 Å². The second kappa shape index (κ2) is 10.6. The van der Waals surface area contributed by atoms with Crippen molar-refractivity contribution in [3.63, 3.8) is 0 Å². The van der Waals surface area contributed by atoms with Crippen LogP contribution in [0.4, 0.5) is 0 Å². The van der Waals surface area contributed by atoms with E-state index < -0.39 is 0 Å². The molecule has 0 unspecified atom stereocenters. The summed E-state index contributed by atoms with van der Waals surface area (Å²) in [5.41, 5.74) is 1.22. The monoisotopic (exact) mass is 449 g/mol. The number of nitriles is 1. The molecule has 1 amide bonds. The van der Waals surface area contributed by atoms with Crippen molar-refractivity contribution in [3.8, 4) is 6.07 Å². The van der Waals surface area contributed by atoms with Gasteiger partial charge < -0.3 is 10.1 Å². The molecule has 2 heterocycles. The van der Waals surface area contributed by atoms with Gasteiger partial charge in [0.1, 0.15) is 6.07 Å². The molecule has 1 aromatic heterocycles. The van der Waals surface area contributed by atoms with E-state index in [1.54, 1.807) is 17.4 Å². The molecule has 1 saturated heterocycles. The van der Waals surface area contributed by atoms with Crippen molar-refractivity contribution in [1.29, 1.82) is 5.26 Å². The van der Waals surface area contributed by atoms with Gasteiger partial charge in [0.15, 0.2) is 0 Å². The van der Waals surface area contributed by atoms with Gasteiger partial charge in [-0.3, -0.25) is 9.69 Å². The van der Waals surface area contributed by atoms with Crippen molar-refractivity contribution in [2.75, 3.05) is 32.8 Å². The second-order valence-corrected chi connectivity index (χ2v) is 9.16. The lowest BCUT2D eigenvalue weighted by Crippen LogP contribution is -2.43. The summed E-state index contributed by atoms with van der Waals surface area (Å²) in [5.74, 6) is -0.104. The molecular formula is C24H23N3O2S2. The topological polar surface area (TPSA) is 65.4 Å². The van der Waals surface area contributed by atoms with Gasteiger partial charge in [0.25, 0.3) is 5.91 Å². The Labute approximate surface area is 190 Å². The van der Waals surface area contributed by atoms with E-state index in [4.69, 9.17) is 4.74 Å². The van der Waals surface area contributed by atoms with Gasteiger partial charge in [0.05, 0.1) is 30.4 Å². The lowest BCUT2D eigenvalue weighted by atomic mass is 10.1. The van der Waals surface area contributed by atoms with Crippen LogP contribution in [0.15, 0.2) is 75.8 Å². The highest BCUT2D eigenvalue weighted by Crippen LogP contribution is 2.33. The van der Waals surface area contributed by atoms with Gasteiger partial charge in [-0.2, -0.15) is 5.26 Å². The molecule has 3 aromatic rings. The number of nitrogens with one attached hydrogen (secondary N) is 1. The average Bonchev–Trinajstić information content (AvgIpc) is 3.35. The lowest BCUT2D eigenvalue weighted by Gasteiger charge is -2.34. The van der Waals surface area contributed by atoms with Crippen LogP contribution in [-0.2, 0) is 4.74 Å². The molecule has 31 heavy (non-hydrogen) atoms. The van der Waals surface area contributed by atoms with Gasteiger partial charge in [0.2, 0.25) is 0 Å². The lowest BCUT2D eigenvalue weighted by molar-refractivity contribution is 0.0169. The molecular weight excluding hydrogens is 426 g/mol. The maximum atomic E-state index is 13.1. The molecule has 0 bridgehead atoms. The summed E-state index contributed by atoms with van der Waals surface area (Å²) in [4.78, 5) is 18.4. The number of carbonyl (C=O) groups is 1. The van der Waals surface area contributed by atoms with Gasteiger partial charge in [-0.25, -0.2) is 0 Å². The Morgan fingerprint density at radius 3 is 2.58 bits per heavy atom. The minimum atomic E-state index is -0.104. The zero-order valence-corrected chi connectivity index (χ0v) is 18.6. The largest absolute Gasteiger partial charge is 0.379 e. The molecule has 1 fully saturated rings. The smallest absolute Gasteiger partial charge is 0.252 e. The molecule has 5 nitrogen and oxygen atoms in total. The normalized spacial score (nSPS) is 15.2.